The van der Waals surface area contributed by atoms with Crippen molar-refractivity contribution in [2.45, 2.75) is 31.2 Å². The van der Waals surface area contributed by atoms with Crippen molar-refractivity contribution in [1.29, 1.82) is 0 Å². The van der Waals surface area contributed by atoms with Crippen LogP contribution in [0.2, 0.25) is 0 Å². The lowest BCUT2D eigenvalue weighted by molar-refractivity contribution is -0.387. The molecule has 0 atom stereocenters. The highest BCUT2D eigenvalue weighted by molar-refractivity contribution is 7.97. The van der Waals surface area contributed by atoms with Gasteiger partial charge in [0.2, 0.25) is 0 Å². The number of aldehydes is 1. The minimum atomic E-state index is -0.664. The zero-order valence-corrected chi connectivity index (χ0v) is 11.4. The minimum absolute atomic E-state index is 0.0580. The molecule has 0 aliphatic heterocycles. The molecule has 0 aliphatic carbocycles. The predicted octanol–water partition coefficient (Wildman–Crippen LogP) is 2.90. The van der Waals surface area contributed by atoms with Crippen LogP contribution in [0.4, 0.5) is 5.69 Å². The maximum atomic E-state index is 11.0. The van der Waals surface area contributed by atoms with Gasteiger partial charge in [0.15, 0.2) is 0 Å². The SMILES string of the molecule is CCN(Sc1ccccc1[N+](=O)[O-])C(C)(C)C=O. The summed E-state index contributed by atoms with van der Waals surface area (Å²) in [7, 11) is 0. The Morgan fingerprint density at radius 2 is 2.06 bits per heavy atom. The molecule has 98 valence electrons. The van der Waals surface area contributed by atoms with Crippen LogP contribution in [0.3, 0.4) is 0 Å². The molecule has 6 heteroatoms. The average molecular weight is 268 g/mol. The van der Waals surface area contributed by atoms with Crippen molar-refractivity contribution in [2.75, 3.05) is 6.54 Å². The molecule has 0 radical (unpaired) electrons. The highest BCUT2D eigenvalue weighted by Gasteiger charge is 2.28. The van der Waals surface area contributed by atoms with Crippen LogP contribution >= 0.6 is 11.9 Å². The molecule has 0 amide bonds. The quantitative estimate of drug-likeness (QED) is 0.343. The van der Waals surface area contributed by atoms with Crippen LogP contribution in [-0.2, 0) is 4.79 Å². The zero-order chi connectivity index (χ0) is 13.8. The number of rotatable bonds is 6. The first-order chi connectivity index (χ1) is 8.42. The Balaban J connectivity index is 3.02. The lowest BCUT2D eigenvalue weighted by Crippen LogP contribution is -2.40. The summed E-state index contributed by atoms with van der Waals surface area (Å²) in [6, 6.07) is 6.52. The molecule has 1 aromatic rings. The van der Waals surface area contributed by atoms with E-state index in [1.54, 1.807) is 32.0 Å². The second-order valence-electron chi connectivity index (χ2n) is 4.28. The second kappa shape index (κ2) is 5.97. The van der Waals surface area contributed by atoms with Gasteiger partial charge in [-0.2, -0.15) is 0 Å². The zero-order valence-electron chi connectivity index (χ0n) is 10.6. The summed E-state index contributed by atoms with van der Waals surface area (Å²) in [5.74, 6) is 0. The van der Waals surface area contributed by atoms with Crippen molar-refractivity contribution in [1.82, 2.24) is 4.31 Å². The second-order valence-corrected chi connectivity index (χ2v) is 5.35. The number of para-hydroxylation sites is 1. The molecule has 0 spiro atoms. The Morgan fingerprint density at radius 1 is 1.44 bits per heavy atom. The summed E-state index contributed by atoms with van der Waals surface area (Å²) in [5, 5.41) is 10.9. The highest BCUT2D eigenvalue weighted by atomic mass is 32.2. The van der Waals surface area contributed by atoms with E-state index in [-0.39, 0.29) is 5.69 Å². The van der Waals surface area contributed by atoms with Gasteiger partial charge in [-0.15, -0.1) is 0 Å². The summed E-state index contributed by atoms with van der Waals surface area (Å²) >= 11 is 1.24. The number of hydrogen-bond acceptors (Lipinski definition) is 5. The first-order valence-electron chi connectivity index (χ1n) is 5.57. The van der Waals surface area contributed by atoms with E-state index in [1.165, 1.54) is 18.0 Å². The lowest BCUT2D eigenvalue weighted by atomic mass is 10.1. The monoisotopic (exact) mass is 268 g/mol. The minimum Gasteiger partial charge on any atom is -0.301 e. The third-order valence-electron chi connectivity index (χ3n) is 2.49. The normalized spacial score (nSPS) is 11.6. The molecule has 1 aromatic carbocycles. The molecule has 0 unspecified atom stereocenters. The fraction of sp³-hybridized carbons (Fsp3) is 0.417. The van der Waals surface area contributed by atoms with Gasteiger partial charge in [0.1, 0.15) is 11.2 Å². The number of carbonyl (C=O) groups excluding carboxylic acids is 1. The van der Waals surface area contributed by atoms with Crippen molar-refractivity contribution in [3.8, 4) is 0 Å². The van der Waals surface area contributed by atoms with Crippen LogP contribution in [0.25, 0.3) is 0 Å². The van der Waals surface area contributed by atoms with Crippen LogP contribution in [-0.4, -0.2) is 27.6 Å². The molecule has 0 heterocycles. The Bertz CT molecular complexity index is 449. The Labute approximate surface area is 110 Å². The van der Waals surface area contributed by atoms with Crippen LogP contribution in [0, 0.1) is 10.1 Å². The summed E-state index contributed by atoms with van der Waals surface area (Å²) in [4.78, 5) is 22.1. The van der Waals surface area contributed by atoms with Crippen LogP contribution < -0.4 is 0 Å². The van der Waals surface area contributed by atoms with E-state index in [4.69, 9.17) is 0 Å². The van der Waals surface area contributed by atoms with Crippen molar-refractivity contribution in [3.63, 3.8) is 0 Å². The number of carbonyl (C=O) groups is 1. The van der Waals surface area contributed by atoms with Crippen LogP contribution in [0.1, 0.15) is 20.8 Å². The maximum absolute atomic E-state index is 11.0. The number of likely N-dealkylation sites (N-methyl/N-ethyl adjacent to an activating group) is 1. The Morgan fingerprint density at radius 3 is 2.56 bits per heavy atom. The number of nitrogens with zero attached hydrogens (tertiary/aromatic N) is 2. The molecule has 1 rings (SSSR count). The largest absolute Gasteiger partial charge is 0.301 e. The highest BCUT2D eigenvalue weighted by Crippen LogP contribution is 2.34. The Hall–Kier alpha value is -1.40. The van der Waals surface area contributed by atoms with Gasteiger partial charge in [-0.1, -0.05) is 19.1 Å². The number of nitro groups is 1. The summed E-state index contributed by atoms with van der Waals surface area (Å²) in [6.45, 7) is 6.09. The van der Waals surface area contributed by atoms with E-state index in [0.29, 0.717) is 11.4 Å². The summed E-state index contributed by atoms with van der Waals surface area (Å²) < 4.78 is 1.82. The van der Waals surface area contributed by atoms with E-state index in [1.807, 2.05) is 11.2 Å². The van der Waals surface area contributed by atoms with Crippen LogP contribution in [0.5, 0.6) is 0 Å². The lowest BCUT2D eigenvalue weighted by Gasteiger charge is -2.31. The molecule has 0 aromatic heterocycles. The molecule has 0 N–H and O–H groups in total. The topological polar surface area (TPSA) is 63.4 Å². The van der Waals surface area contributed by atoms with E-state index in [0.717, 1.165) is 6.29 Å². The fourth-order valence-electron chi connectivity index (χ4n) is 1.45. The van der Waals surface area contributed by atoms with E-state index < -0.39 is 10.5 Å². The van der Waals surface area contributed by atoms with Gasteiger partial charge in [-0.05, 0) is 31.9 Å². The Kier molecular flexibility index (Phi) is 4.86. The van der Waals surface area contributed by atoms with Gasteiger partial charge in [0.05, 0.1) is 10.5 Å². The smallest absolute Gasteiger partial charge is 0.284 e. The molecule has 0 fully saturated rings. The molecular weight excluding hydrogens is 252 g/mol. The summed E-state index contributed by atoms with van der Waals surface area (Å²) in [5.41, 5.74) is -0.606. The molecule has 5 nitrogen and oxygen atoms in total. The average Bonchev–Trinajstić information content (AvgIpc) is 2.35. The van der Waals surface area contributed by atoms with Crippen molar-refractivity contribution < 1.29 is 9.72 Å². The van der Waals surface area contributed by atoms with E-state index >= 15 is 0 Å². The van der Waals surface area contributed by atoms with Crippen molar-refractivity contribution in [2.24, 2.45) is 0 Å². The van der Waals surface area contributed by atoms with Gasteiger partial charge in [0.25, 0.3) is 5.69 Å². The number of benzene rings is 1. The molecule has 0 saturated heterocycles. The summed E-state index contributed by atoms with van der Waals surface area (Å²) in [6.07, 6.45) is 0.846. The van der Waals surface area contributed by atoms with Gasteiger partial charge in [-0.3, -0.25) is 10.1 Å². The molecule has 0 bridgehead atoms. The maximum Gasteiger partial charge on any atom is 0.284 e. The van der Waals surface area contributed by atoms with E-state index in [9.17, 15) is 14.9 Å². The van der Waals surface area contributed by atoms with Gasteiger partial charge in [-0.25, -0.2) is 4.31 Å². The standard InChI is InChI=1S/C12H16N2O3S/c1-4-13(12(2,3)9-15)18-11-8-6-5-7-10(11)14(16)17/h5-9H,4H2,1-3H3. The molecular formula is C12H16N2O3S. The first-order valence-corrected chi connectivity index (χ1v) is 6.35. The van der Waals surface area contributed by atoms with Crippen molar-refractivity contribution in [3.05, 3.63) is 34.4 Å². The first kappa shape index (κ1) is 14.7. The predicted molar refractivity (Wildman–Crippen MR) is 71.5 cm³/mol. The van der Waals surface area contributed by atoms with Crippen molar-refractivity contribution >= 4 is 23.9 Å². The van der Waals surface area contributed by atoms with Gasteiger partial charge >= 0.3 is 0 Å². The van der Waals surface area contributed by atoms with E-state index in [2.05, 4.69) is 0 Å². The fourth-order valence-corrected chi connectivity index (χ4v) is 2.47. The number of nitro benzene ring substituents is 1. The molecule has 18 heavy (non-hydrogen) atoms. The van der Waals surface area contributed by atoms with Crippen LogP contribution in [0.15, 0.2) is 29.2 Å². The number of hydrogen-bond donors (Lipinski definition) is 0. The van der Waals surface area contributed by atoms with Gasteiger partial charge < -0.3 is 4.79 Å². The molecule has 0 saturated carbocycles. The molecule has 0 aliphatic rings. The van der Waals surface area contributed by atoms with Gasteiger partial charge in [0, 0.05) is 12.6 Å². The third-order valence-corrected chi connectivity index (χ3v) is 3.98. The third kappa shape index (κ3) is 3.30.